The number of carbonyl (C=O) groups is 5. The molecule has 0 saturated carbocycles. The third-order valence-corrected chi connectivity index (χ3v) is 9.81. The van der Waals surface area contributed by atoms with Crippen molar-refractivity contribution >= 4 is 46.7 Å². The van der Waals surface area contributed by atoms with Crippen molar-refractivity contribution in [1.29, 1.82) is 0 Å². The molecule has 0 aliphatic carbocycles. The quantitative estimate of drug-likeness (QED) is 0.0247. The number of rotatable bonds is 22. The number of aromatic hydroxyl groups is 1. The second kappa shape index (κ2) is 23.8. The molecule has 17 heteroatoms. The van der Waals surface area contributed by atoms with Gasteiger partial charge in [-0.2, -0.15) is 0 Å². The SMILES string of the molecule is CC(C)C[C@H](NC(=O)[C@H](CCCN=C(N)N)NC(=O)OCc1ccccc1)C(=O)N[C@H](CNC(=O)[C@H](Cc1ccccc1)NC(=O)Cc1cc2ccc(O)cc2oc1=O)C(C)C. The Morgan fingerprint density at radius 1 is 0.774 bits per heavy atom. The first-order chi connectivity index (χ1) is 29.6. The topological polar surface area (TPSA) is 270 Å². The van der Waals surface area contributed by atoms with Crippen LogP contribution in [-0.4, -0.2) is 78.0 Å². The lowest BCUT2D eigenvalue weighted by Crippen LogP contribution is -2.58. The smallest absolute Gasteiger partial charge is 0.408 e. The number of ether oxygens (including phenoxy) is 1. The van der Waals surface area contributed by atoms with Crippen LogP contribution >= 0.6 is 0 Å². The molecule has 62 heavy (non-hydrogen) atoms. The maximum atomic E-state index is 13.9. The number of amides is 5. The summed E-state index contributed by atoms with van der Waals surface area (Å²) in [5.74, 6) is -2.62. The van der Waals surface area contributed by atoms with Crippen molar-refractivity contribution in [3.8, 4) is 5.75 Å². The van der Waals surface area contributed by atoms with Crippen molar-refractivity contribution in [1.82, 2.24) is 26.6 Å². The van der Waals surface area contributed by atoms with Crippen LogP contribution in [0.2, 0.25) is 0 Å². The van der Waals surface area contributed by atoms with Crippen molar-refractivity contribution in [2.45, 2.75) is 90.6 Å². The molecule has 17 nitrogen and oxygen atoms in total. The van der Waals surface area contributed by atoms with Crippen LogP contribution in [0.5, 0.6) is 5.75 Å². The van der Waals surface area contributed by atoms with Gasteiger partial charge in [0, 0.05) is 42.6 Å². The number of aliphatic imine (C=N–C) groups is 1. The minimum Gasteiger partial charge on any atom is -0.508 e. The van der Waals surface area contributed by atoms with E-state index >= 15 is 0 Å². The largest absolute Gasteiger partial charge is 0.508 e. The molecule has 0 aliphatic rings. The Morgan fingerprint density at radius 3 is 2.08 bits per heavy atom. The minimum atomic E-state index is -1.09. The second-order valence-corrected chi connectivity index (χ2v) is 15.8. The number of nitrogens with zero attached hydrogens (tertiary/aromatic N) is 1. The van der Waals surface area contributed by atoms with Crippen LogP contribution in [0.3, 0.4) is 0 Å². The number of phenols is 1. The maximum Gasteiger partial charge on any atom is 0.408 e. The number of nitrogens with one attached hydrogen (secondary N) is 5. The lowest BCUT2D eigenvalue weighted by molar-refractivity contribution is -0.131. The number of carbonyl (C=O) groups excluding carboxylic acids is 5. The van der Waals surface area contributed by atoms with Crippen molar-refractivity contribution in [3.63, 3.8) is 0 Å². The van der Waals surface area contributed by atoms with E-state index in [0.29, 0.717) is 11.8 Å². The third kappa shape index (κ3) is 15.9. The first-order valence-corrected chi connectivity index (χ1v) is 20.6. The summed E-state index contributed by atoms with van der Waals surface area (Å²) in [6.45, 7) is 7.70. The van der Waals surface area contributed by atoms with Crippen LogP contribution < -0.4 is 43.7 Å². The van der Waals surface area contributed by atoms with E-state index < -0.39 is 59.5 Å². The molecule has 0 spiro atoms. The summed E-state index contributed by atoms with van der Waals surface area (Å²) >= 11 is 0. The minimum absolute atomic E-state index is 0.0165. The van der Waals surface area contributed by atoms with Gasteiger partial charge in [0.1, 0.15) is 36.1 Å². The standard InChI is InChI=1S/C45H58N8O9/c1-27(2)20-35(51-41(57)34(16-11-19-48-44(46)47)53-45(60)61-26-30-14-9-6-10-15-30)42(58)52-37(28(3)4)25-49-40(56)36(21-29-12-7-5-8-13-29)50-39(55)23-32-22-31-17-18-33(54)24-38(31)62-43(32)59/h5-10,12-15,17-18,22,24,27-28,34-37,54H,11,16,19-21,23,25-26H2,1-4H3,(H,49,56)(H,50,55)(H,51,57)(H,52,58)(H,53,60)(H4,46,47,48)/t34-,35-,36-,37+/m0/s1. The Hall–Kier alpha value is -6.91. The van der Waals surface area contributed by atoms with E-state index in [1.165, 1.54) is 18.2 Å². The summed E-state index contributed by atoms with van der Waals surface area (Å²) < 4.78 is 10.7. The molecular weight excluding hydrogens is 797 g/mol. The van der Waals surface area contributed by atoms with Crippen molar-refractivity contribution in [2.24, 2.45) is 28.3 Å². The number of benzene rings is 3. The molecule has 0 unspecified atom stereocenters. The van der Waals surface area contributed by atoms with Gasteiger partial charge in [-0.15, -0.1) is 0 Å². The van der Waals surface area contributed by atoms with E-state index in [4.69, 9.17) is 20.6 Å². The van der Waals surface area contributed by atoms with Crippen LogP contribution in [0.15, 0.2) is 99.1 Å². The summed E-state index contributed by atoms with van der Waals surface area (Å²) in [7, 11) is 0. The predicted octanol–water partition coefficient (Wildman–Crippen LogP) is 2.91. The first kappa shape index (κ1) is 47.8. The maximum absolute atomic E-state index is 13.9. The number of alkyl carbamates (subject to hydrolysis) is 1. The van der Waals surface area contributed by atoms with E-state index in [9.17, 15) is 33.9 Å². The number of hydrogen-bond donors (Lipinski definition) is 8. The molecule has 0 saturated heterocycles. The summed E-state index contributed by atoms with van der Waals surface area (Å²) in [6, 6.07) is 20.2. The molecule has 10 N–H and O–H groups in total. The summed E-state index contributed by atoms with van der Waals surface area (Å²) in [4.78, 5) is 84.4. The molecule has 0 radical (unpaired) electrons. The molecular formula is C45H58N8O9. The van der Waals surface area contributed by atoms with E-state index in [1.54, 1.807) is 18.2 Å². The first-order valence-electron chi connectivity index (χ1n) is 20.6. The average molecular weight is 855 g/mol. The molecule has 3 aromatic carbocycles. The van der Waals surface area contributed by atoms with Gasteiger partial charge in [-0.05, 0) is 60.4 Å². The fourth-order valence-corrected chi connectivity index (χ4v) is 6.47. The van der Waals surface area contributed by atoms with Gasteiger partial charge in [0.2, 0.25) is 23.6 Å². The van der Waals surface area contributed by atoms with Gasteiger partial charge in [-0.25, -0.2) is 9.59 Å². The molecule has 1 heterocycles. The molecule has 332 valence electrons. The average Bonchev–Trinajstić information content (AvgIpc) is 3.22. The van der Waals surface area contributed by atoms with Gasteiger partial charge in [0.15, 0.2) is 5.96 Å². The zero-order chi connectivity index (χ0) is 45.2. The zero-order valence-corrected chi connectivity index (χ0v) is 35.5. The normalized spacial score (nSPS) is 13.0. The lowest BCUT2D eigenvalue weighted by Gasteiger charge is -2.28. The Morgan fingerprint density at radius 2 is 1.44 bits per heavy atom. The highest BCUT2D eigenvalue weighted by atomic mass is 16.5. The Kier molecular flexibility index (Phi) is 18.3. The molecule has 4 aromatic rings. The fourth-order valence-electron chi connectivity index (χ4n) is 6.47. The summed E-state index contributed by atoms with van der Waals surface area (Å²) in [5, 5.41) is 24.3. The Bertz CT molecular complexity index is 2210. The predicted molar refractivity (Wildman–Crippen MR) is 235 cm³/mol. The highest BCUT2D eigenvalue weighted by Crippen LogP contribution is 2.19. The fraction of sp³-hybridized carbons (Fsp3) is 0.400. The van der Waals surface area contributed by atoms with E-state index in [2.05, 4.69) is 31.6 Å². The van der Waals surface area contributed by atoms with E-state index in [-0.39, 0.29) is 80.1 Å². The Balaban J connectivity index is 1.43. The van der Waals surface area contributed by atoms with Gasteiger partial charge in [-0.1, -0.05) is 88.4 Å². The van der Waals surface area contributed by atoms with Crippen LogP contribution in [0.1, 0.15) is 63.6 Å². The van der Waals surface area contributed by atoms with Crippen molar-refractivity contribution in [2.75, 3.05) is 13.1 Å². The number of guanidine groups is 1. The number of hydrogen-bond acceptors (Lipinski definition) is 10. The highest BCUT2D eigenvalue weighted by Gasteiger charge is 2.30. The Labute approximate surface area is 360 Å². The molecule has 0 bridgehead atoms. The number of phenolic OH excluding ortho intramolecular Hbond substituents is 1. The van der Waals surface area contributed by atoms with Crippen LogP contribution in [0.4, 0.5) is 4.79 Å². The molecule has 1 aromatic heterocycles. The highest BCUT2D eigenvalue weighted by molar-refractivity contribution is 5.92. The van der Waals surface area contributed by atoms with Crippen LogP contribution in [-0.2, 0) is 43.4 Å². The van der Waals surface area contributed by atoms with E-state index in [0.717, 1.165) is 11.1 Å². The van der Waals surface area contributed by atoms with Crippen LogP contribution in [0.25, 0.3) is 11.0 Å². The van der Waals surface area contributed by atoms with Gasteiger partial charge in [0.05, 0.1) is 6.42 Å². The van der Waals surface area contributed by atoms with Gasteiger partial charge < -0.3 is 52.3 Å². The molecule has 0 fully saturated rings. The second-order valence-electron chi connectivity index (χ2n) is 15.8. The lowest BCUT2D eigenvalue weighted by atomic mass is 9.99. The van der Waals surface area contributed by atoms with Crippen LogP contribution in [0, 0.1) is 11.8 Å². The summed E-state index contributed by atoms with van der Waals surface area (Å²) in [6.07, 6.45) is -0.321. The van der Waals surface area contributed by atoms with Crippen molar-refractivity contribution in [3.05, 3.63) is 112 Å². The van der Waals surface area contributed by atoms with Gasteiger partial charge in [0.25, 0.3) is 0 Å². The zero-order valence-electron chi connectivity index (χ0n) is 35.5. The monoisotopic (exact) mass is 854 g/mol. The van der Waals surface area contributed by atoms with Gasteiger partial charge >= 0.3 is 11.7 Å². The molecule has 4 atom stereocenters. The molecule has 4 rings (SSSR count). The third-order valence-electron chi connectivity index (χ3n) is 9.81. The molecule has 0 aliphatic heterocycles. The summed E-state index contributed by atoms with van der Waals surface area (Å²) in [5.41, 5.74) is 11.9. The number of fused-ring (bicyclic) bond motifs is 1. The number of nitrogens with two attached hydrogens (primary N) is 2. The van der Waals surface area contributed by atoms with Crippen molar-refractivity contribution < 1.29 is 38.2 Å². The molecule has 5 amide bonds. The van der Waals surface area contributed by atoms with Gasteiger partial charge in [-0.3, -0.25) is 24.2 Å². The van der Waals surface area contributed by atoms with E-state index in [1.807, 2.05) is 76.2 Å².